The zero-order valence-electron chi connectivity index (χ0n) is 11.2. The number of phenolic OH excluding ortho intramolecular Hbond substituents is 1. The van der Waals surface area contributed by atoms with Gasteiger partial charge in [-0.15, -0.1) is 0 Å². The highest BCUT2D eigenvalue weighted by Crippen LogP contribution is 2.25. The molecule has 0 aliphatic heterocycles. The number of aromatic hydroxyl groups is 1. The van der Waals surface area contributed by atoms with E-state index in [0.717, 1.165) is 0 Å². The Bertz CT molecular complexity index is 625. The van der Waals surface area contributed by atoms with Crippen molar-refractivity contribution in [3.63, 3.8) is 0 Å². The first-order chi connectivity index (χ1) is 9.63. The maximum Gasteiger partial charge on any atom is 0.259 e. The first kappa shape index (κ1) is 13.7. The Kier molecular flexibility index (Phi) is 4.10. The van der Waals surface area contributed by atoms with E-state index in [1.807, 2.05) is 0 Å². The molecule has 0 saturated heterocycles. The Balaban J connectivity index is 2.25. The highest BCUT2D eigenvalue weighted by atomic mass is 16.5. The molecule has 0 spiro atoms. The molecule has 0 saturated carbocycles. The zero-order chi connectivity index (χ0) is 14.5. The fourth-order valence-electron chi connectivity index (χ4n) is 1.77. The van der Waals surface area contributed by atoms with Crippen molar-refractivity contribution < 1.29 is 19.4 Å². The predicted molar refractivity (Wildman–Crippen MR) is 75.6 cm³/mol. The number of methoxy groups -OCH3 is 2. The second-order valence-electron chi connectivity index (χ2n) is 4.07. The van der Waals surface area contributed by atoms with Crippen LogP contribution in [0.1, 0.15) is 10.4 Å². The molecule has 5 heteroatoms. The van der Waals surface area contributed by atoms with Crippen molar-refractivity contribution in [3.05, 3.63) is 48.0 Å². The third kappa shape index (κ3) is 3.00. The summed E-state index contributed by atoms with van der Waals surface area (Å²) in [5.41, 5.74) is 0.893. The van der Waals surface area contributed by atoms with E-state index in [9.17, 15) is 9.90 Å². The molecule has 0 aliphatic carbocycles. The Labute approximate surface area is 116 Å². The largest absolute Gasteiger partial charge is 0.508 e. The molecule has 2 rings (SSSR count). The average molecular weight is 273 g/mol. The van der Waals surface area contributed by atoms with Crippen LogP contribution in [0.3, 0.4) is 0 Å². The van der Waals surface area contributed by atoms with Crippen molar-refractivity contribution >= 4 is 11.6 Å². The molecule has 2 N–H and O–H groups in total. The molecule has 0 aliphatic rings. The quantitative estimate of drug-likeness (QED) is 0.898. The van der Waals surface area contributed by atoms with Crippen LogP contribution in [0.4, 0.5) is 5.69 Å². The highest BCUT2D eigenvalue weighted by Gasteiger charge is 2.13. The Morgan fingerprint density at radius 1 is 1.10 bits per heavy atom. The molecule has 0 radical (unpaired) electrons. The SMILES string of the molecule is COc1ccc(C(=O)Nc2cccc(O)c2)c(OC)c1. The molecule has 0 unspecified atom stereocenters. The zero-order valence-corrected chi connectivity index (χ0v) is 11.2. The summed E-state index contributed by atoms with van der Waals surface area (Å²) in [6, 6.07) is 11.3. The summed E-state index contributed by atoms with van der Waals surface area (Å²) in [5.74, 6) is 0.789. The van der Waals surface area contributed by atoms with Gasteiger partial charge in [-0.2, -0.15) is 0 Å². The average Bonchev–Trinajstić information content (AvgIpc) is 2.46. The molecular weight excluding hydrogens is 258 g/mol. The molecular formula is C15H15NO4. The van der Waals surface area contributed by atoms with Crippen LogP contribution in [0.5, 0.6) is 17.2 Å². The minimum Gasteiger partial charge on any atom is -0.508 e. The molecule has 2 aromatic rings. The number of nitrogens with one attached hydrogen (secondary N) is 1. The lowest BCUT2D eigenvalue weighted by Crippen LogP contribution is -2.13. The van der Waals surface area contributed by atoms with Crippen LogP contribution in [0.15, 0.2) is 42.5 Å². The van der Waals surface area contributed by atoms with Crippen molar-refractivity contribution in [1.82, 2.24) is 0 Å². The smallest absolute Gasteiger partial charge is 0.259 e. The Morgan fingerprint density at radius 2 is 1.90 bits per heavy atom. The van der Waals surface area contributed by atoms with Gasteiger partial charge in [-0.3, -0.25) is 4.79 Å². The van der Waals surface area contributed by atoms with E-state index >= 15 is 0 Å². The number of ether oxygens (including phenoxy) is 2. The Morgan fingerprint density at radius 3 is 2.55 bits per heavy atom. The topological polar surface area (TPSA) is 67.8 Å². The summed E-state index contributed by atoms with van der Waals surface area (Å²) in [6.45, 7) is 0. The molecule has 2 aromatic carbocycles. The summed E-state index contributed by atoms with van der Waals surface area (Å²) >= 11 is 0. The number of benzene rings is 2. The van der Waals surface area contributed by atoms with Crippen LogP contribution < -0.4 is 14.8 Å². The minimum absolute atomic E-state index is 0.0875. The lowest BCUT2D eigenvalue weighted by molar-refractivity contribution is 0.102. The number of carbonyl (C=O) groups is 1. The van der Waals surface area contributed by atoms with Gasteiger partial charge >= 0.3 is 0 Å². The standard InChI is InChI=1S/C15H15NO4/c1-19-12-6-7-13(14(9-12)20-2)15(18)16-10-4-3-5-11(17)8-10/h3-9,17H,1-2H3,(H,16,18). The second-order valence-corrected chi connectivity index (χ2v) is 4.07. The van der Waals surface area contributed by atoms with Crippen molar-refractivity contribution in [2.45, 2.75) is 0 Å². The lowest BCUT2D eigenvalue weighted by atomic mass is 10.1. The normalized spacial score (nSPS) is 9.90. The number of hydrogen-bond donors (Lipinski definition) is 2. The van der Waals surface area contributed by atoms with E-state index in [4.69, 9.17) is 9.47 Å². The number of carbonyl (C=O) groups excluding carboxylic acids is 1. The Hall–Kier alpha value is -2.69. The van der Waals surface area contributed by atoms with E-state index < -0.39 is 0 Å². The van der Waals surface area contributed by atoms with Crippen molar-refractivity contribution in [2.24, 2.45) is 0 Å². The summed E-state index contributed by atoms with van der Waals surface area (Å²) in [7, 11) is 3.03. The van der Waals surface area contributed by atoms with Crippen LogP contribution >= 0.6 is 0 Å². The van der Waals surface area contributed by atoms with Gasteiger partial charge in [-0.25, -0.2) is 0 Å². The highest BCUT2D eigenvalue weighted by molar-refractivity contribution is 6.06. The van der Waals surface area contributed by atoms with E-state index in [2.05, 4.69) is 5.32 Å². The van der Waals surface area contributed by atoms with Gasteiger partial charge in [0.05, 0.1) is 19.8 Å². The first-order valence-corrected chi connectivity index (χ1v) is 5.96. The van der Waals surface area contributed by atoms with Crippen LogP contribution in [0.25, 0.3) is 0 Å². The van der Waals surface area contributed by atoms with Gasteiger partial charge < -0.3 is 19.9 Å². The van der Waals surface area contributed by atoms with Crippen LogP contribution in [-0.4, -0.2) is 25.2 Å². The molecule has 0 fully saturated rings. The van der Waals surface area contributed by atoms with Gasteiger partial charge in [-0.05, 0) is 24.3 Å². The van der Waals surface area contributed by atoms with E-state index in [-0.39, 0.29) is 11.7 Å². The molecule has 0 aromatic heterocycles. The molecule has 5 nitrogen and oxygen atoms in total. The van der Waals surface area contributed by atoms with Gasteiger partial charge in [-0.1, -0.05) is 6.07 Å². The van der Waals surface area contributed by atoms with E-state index in [1.165, 1.54) is 19.2 Å². The monoisotopic (exact) mass is 273 g/mol. The van der Waals surface area contributed by atoms with Crippen molar-refractivity contribution in [1.29, 1.82) is 0 Å². The molecule has 104 valence electrons. The molecule has 0 heterocycles. The lowest BCUT2D eigenvalue weighted by Gasteiger charge is -2.11. The maximum atomic E-state index is 12.2. The number of phenols is 1. The predicted octanol–water partition coefficient (Wildman–Crippen LogP) is 2.66. The van der Waals surface area contributed by atoms with E-state index in [0.29, 0.717) is 22.7 Å². The number of hydrogen-bond acceptors (Lipinski definition) is 4. The van der Waals surface area contributed by atoms with E-state index in [1.54, 1.807) is 37.4 Å². The van der Waals surface area contributed by atoms with Gasteiger partial charge in [0.2, 0.25) is 0 Å². The second kappa shape index (κ2) is 5.97. The maximum absolute atomic E-state index is 12.2. The minimum atomic E-state index is -0.324. The summed E-state index contributed by atoms with van der Waals surface area (Å²) < 4.78 is 10.3. The van der Waals surface area contributed by atoms with Crippen LogP contribution in [0, 0.1) is 0 Å². The summed E-state index contributed by atoms with van der Waals surface area (Å²) in [4.78, 5) is 12.2. The van der Waals surface area contributed by atoms with Crippen molar-refractivity contribution in [2.75, 3.05) is 19.5 Å². The van der Waals surface area contributed by atoms with Gasteiger partial charge in [0, 0.05) is 17.8 Å². The number of rotatable bonds is 4. The van der Waals surface area contributed by atoms with Crippen molar-refractivity contribution in [3.8, 4) is 17.2 Å². The van der Waals surface area contributed by atoms with Gasteiger partial charge in [0.25, 0.3) is 5.91 Å². The van der Waals surface area contributed by atoms with Crippen LogP contribution in [-0.2, 0) is 0 Å². The fourth-order valence-corrected chi connectivity index (χ4v) is 1.77. The molecule has 0 bridgehead atoms. The summed E-state index contributed by atoms with van der Waals surface area (Å²) in [5, 5.41) is 12.1. The number of amides is 1. The first-order valence-electron chi connectivity index (χ1n) is 5.96. The molecule has 0 atom stereocenters. The summed E-state index contributed by atoms with van der Waals surface area (Å²) in [6.07, 6.45) is 0. The van der Waals surface area contributed by atoms with Gasteiger partial charge in [0.1, 0.15) is 17.2 Å². The molecule has 1 amide bonds. The molecule has 20 heavy (non-hydrogen) atoms. The van der Waals surface area contributed by atoms with Gasteiger partial charge in [0.15, 0.2) is 0 Å². The number of anilines is 1. The third-order valence-corrected chi connectivity index (χ3v) is 2.76. The fraction of sp³-hybridized carbons (Fsp3) is 0.133. The third-order valence-electron chi connectivity index (χ3n) is 2.76. The van der Waals surface area contributed by atoms with Crippen LogP contribution in [0.2, 0.25) is 0 Å².